The van der Waals surface area contributed by atoms with Crippen molar-refractivity contribution in [3.8, 4) is 18.0 Å². The topological polar surface area (TPSA) is 17.0 Å². The molecule has 2 heteroatoms. The van der Waals surface area contributed by atoms with Gasteiger partial charge < -0.3 is 4.57 Å². The third-order valence-corrected chi connectivity index (χ3v) is 3.70. The lowest BCUT2D eigenvalue weighted by atomic mass is 10.2. The Morgan fingerprint density at radius 2 is 1.95 bits per heavy atom. The first kappa shape index (κ1) is 14.4. The van der Waals surface area contributed by atoms with Gasteiger partial charge in [-0.3, -0.25) is 5.32 Å². The van der Waals surface area contributed by atoms with Crippen LogP contribution in [0.5, 0.6) is 0 Å². The van der Waals surface area contributed by atoms with Gasteiger partial charge in [0.05, 0.1) is 6.04 Å². The number of nitrogens with one attached hydrogen (secondary N) is 1. The Balaban J connectivity index is 2.24. The second-order valence-corrected chi connectivity index (χ2v) is 5.08. The SMILES string of the molecule is C#CC(CC)NCc1cc(C)n(-c2ccccc2)c1C. The van der Waals surface area contributed by atoms with Gasteiger partial charge in [-0.1, -0.05) is 31.0 Å². The smallest absolute Gasteiger partial charge is 0.0686 e. The first-order valence-corrected chi connectivity index (χ1v) is 7.10. The molecule has 0 fully saturated rings. The maximum Gasteiger partial charge on any atom is 0.0686 e. The van der Waals surface area contributed by atoms with Crippen LogP contribution in [-0.4, -0.2) is 10.6 Å². The van der Waals surface area contributed by atoms with E-state index in [1.807, 2.05) is 6.07 Å². The van der Waals surface area contributed by atoms with Crippen LogP contribution >= 0.6 is 0 Å². The molecule has 0 aliphatic heterocycles. The highest BCUT2D eigenvalue weighted by Crippen LogP contribution is 2.20. The van der Waals surface area contributed by atoms with E-state index in [0.717, 1.165) is 13.0 Å². The lowest BCUT2D eigenvalue weighted by Crippen LogP contribution is -2.26. The van der Waals surface area contributed by atoms with Gasteiger partial charge in [-0.05, 0) is 44.0 Å². The molecule has 0 saturated carbocycles. The third kappa shape index (κ3) is 2.95. The summed E-state index contributed by atoms with van der Waals surface area (Å²) in [5.74, 6) is 2.78. The molecule has 1 aromatic heterocycles. The zero-order valence-electron chi connectivity index (χ0n) is 12.5. The van der Waals surface area contributed by atoms with E-state index >= 15 is 0 Å². The zero-order valence-corrected chi connectivity index (χ0v) is 12.5. The van der Waals surface area contributed by atoms with Gasteiger partial charge in [-0.2, -0.15) is 0 Å². The quantitative estimate of drug-likeness (QED) is 0.818. The Morgan fingerprint density at radius 3 is 2.55 bits per heavy atom. The fraction of sp³-hybridized carbons (Fsp3) is 0.333. The molecule has 0 aliphatic rings. The summed E-state index contributed by atoms with van der Waals surface area (Å²) < 4.78 is 2.29. The van der Waals surface area contributed by atoms with E-state index in [-0.39, 0.29) is 6.04 Å². The largest absolute Gasteiger partial charge is 0.318 e. The molecule has 1 unspecified atom stereocenters. The zero-order chi connectivity index (χ0) is 14.5. The highest BCUT2D eigenvalue weighted by molar-refractivity contribution is 5.40. The molecule has 20 heavy (non-hydrogen) atoms. The van der Waals surface area contributed by atoms with Crippen LogP contribution in [0.1, 0.15) is 30.3 Å². The molecule has 2 nitrogen and oxygen atoms in total. The number of para-hydroxylation sites is 1. The summed E-state index contributed by atoms with van der Waals surface area (Å²) in [5.41, 5.74) is 5.03. The lowest BCUT2D eigenvalue weighted by Gasteiger charge is -2.12. The number of rotatable bonds is 5. The maximum atomic E-state index is 5.49. The van der Waals surface area contributed by atoms with Crippen molar-refractivity contribution >= 4 is 0 Å². The Bertz CT molecular complexity index is 602. The predicted octanol–water partition coefficient (Wildman–Crippen LogP) is 3.60. The minimum Gasteiger partial charge on any atom is -0.318 e. The Kier molecular flexibility index (Phi) is 4.65. The van der Waals surface area contributed by atoms with Crippen LogP contribution in [0.15, 0.2) is 36.4 Å². The maximum absolute atomic E-state index is 5.49. The van der Waals surface area contributed by atoms with Gasteiger partial charge in [0.25, 0.3) is 0 Å². The number of benzene rings is 1. The van der Waals surface area contributed by atoms with E-state index in [2.05, 4.69) is 66.9 Å². The molecule has 1 N–H and O–H groups in total. The molecule has 0 bridgehead atoms. The van der Waals surface area contributed by atoms with Gasteiger partial charge in [0.1, 0.15) is 0 Å². The number of terminal acetylenes is 1. The monoisotopic (exact) mass is 266 g/mol. The molecule has 1 atom stereocenters. The number of aryl methyl sites for hydroxylation is 1. The summed E-state index contributed by atoms with van der Waals surface area (Å²) in [7, 11) is 0. The Morgan fingerprint density at radius 1 is 1.25 bits per heavy atom. The first-order valence-electron chi connectivity index (χ1n) is 7.10. The number of hydrogen-bond donors (Lipinski definition) is 1. The highest BCUT2D eigenvalue weighted by atomic mass is 15.0. The van der Waals surface area contributed by atoms with Gasteiger partial charge in [0, 0.05) is 23.6 Å². The molecule has 0 amide bonds. The minimum absolute atomic E-state index is 0.148. The van der Waals surface area contributed by atoms with Crippen molar-refractivity contribution in [3.05, 3.63) is 53.3 Å². The highest BCUT2D eigenvalue weighted by Gasteiger charge is 2.11. The molecular formula is C18H22N2. The van der Waals surface area contributed by atoms with Crippen molar-refractivity contribution in [3.63, 3.8) is 0 Å². The van der Waals surface area contributed by atoms with Crippen LogP contribution < -0.4 is 5.32 Å². The van der Waals surface area contributed by atoms with E-state index < -0.39 is 0 Å². The second-order valence-electron chi connectivity index (χ2n) is 5.08. The molecule has 0 saturated heterocycles. The van der Waals surface area contributed by atoms with E-state index in [1.54, 1.807) is 0 Å². The van der Waals surface area contributed by atoms with Gasteiger partial charge in [0.15, 0.2) is 0 Å². The average molecular weight is 266 g/mol. The van der Waals surface area contributed by atoms with Crippen molar-refractivity contribution in [2.24, 2.45) is 0 Å². The molecule has 1 heterocycles. The Hall–Kier alpha value is -1.98. The van der Waals surface area contributed by atoms with Crippen LogP contribution in [0, 0.1) is 26.2 Å². The van der Waals surface area contributed by atoms with Gasteiger partial charge in [0.2, 0.25) is 0 Å². The molecule has 0 aliphatic carbocycles. The molecule has 104 valence electrons. The lowest BCUT2D eigenvalue weighted by molar-refractivity contribution is 0.591. The first-order chi connectivity index (χ1) is 9.67. The number of nitrogens with zero attached hydrogens (tertiary/aromatic N) is 1. The molecular weight excluding hydrogens is 244 g/mol. The number of hydrogen-bond acceptors (Lipinski definition) is 1. The van der Waals surface area contributed by atoms with Crippen molar-refractivity contribution < 1.29 is 0 Å². The van der Waals surface area contributed by atoms with E-state index in [0.29, 0.717) is 0 Å². The van der Waals surface area contributed by atoms with Crippen LogP contribution in [0.4, 0.5) is 0 Å². The molecule has 2 aromatic rings. The van der Waals surface area contributed by atoms with E-state index in [4.69, 9.17) is 6.42 Å². The van der Waals surface area contributed by atoms with Crippen molar-refractivity contribution in [2.45, 2.75) is 39.8 Å². The normalized spacial score (nSPS) is 12.1. The fourth-order valence-electron chi connectivity index (χ4n) is 2.54. The molecule has 0 spiro atoms. The van der Waals surface area contributed by atoms with Gasteiger partial charge in [-0.15, -0.1) is 6.42 Å². The average Bonchev–Trinajstić information content (AvgIpc) is 2.75. The summed E-state index contributed by atoms with van der Waals surface area (Å²) in [6.45, 7) is 7.22. The summed E-state index contributed by atoms with van der Waals surface area (Å²) in [5, 5.41) is 3.42. The predicted molar refractivity (Wildman–Crippen MR) is 85.0 cm³/mol. The van der Waals surface area contributed by atoms with Crippen LogP contribution in [0.25, 0.3) is 5.69 Å². The summed E-state index contributed by atoms with van der Waals surface area (Å²) in [4.78, 5) is 0. The summed E-state index contributed by atoms with van der Waals surface area (Å²) in [6.07, 6.45) is 6.45. The van der Waals surface area contributed by atoms with Gasteiger partial charge >= 0.3 is 0 Å². The van der Waals surface area contributed by atoms with Gasteiger partial charge in [-0.25, -0.2) is 0 Å². The summed E-state index contributed by atoms with van der Waals surface area (Å²) >= 11 is 0. The Labute approximate surface area is 121 Å². The molecule has 0 radical (unpaired) electrons. The fourth-order valence-corrected chi connectivity index (χ4v) is 2.54. The van der Waals surface area contributed by atoms with E-state index in [1.165, 1.54) is 22.6 Å². The number of aromatic nitrogens is 1. The van der Waals surface area contributed by atoms with Crippen molar-refractivity contribution in [1.29, 1.82) is 0 Å². The second kappa shape index (κ2) is 6.45. The molecule has 1 aromatic carbocycles. The standard InChI is InChI=1S/C18H22N2/c1-5-17(6-2)19-13-16-12-14(3)20(15(16)4)18-10-8-7-9-11-18/h1,7-12,17,19H,6,13H2,2-4H3. The summed E-state index contributed by atoms with van der Waals surface area (Å²) in [6, 6.07) is 12.8. The van der Waals surface area contributed by atoms with Crippen LogP contribution in [0.2, 0.25) is 0 Å². The van der Waals surface area contributed by atoms with Crippen molar-refractivity contribution in [1.82, 2.24) is 9.88 Å². The van der Waals surface area contributed by atoms with Crippen LogP contribution in [0.3, 0.4) is 0 Å². The minimum atomic E-state index is 0.148. The van der Waals surface area contributed by atoms with Crippen molar-refractivity contribution in [2.75, 3.05) is 0 Å². The van der Waals surface area contributed by atoms with Crippen LogP contribution in [-0.2, 0) is 6.54 Å². The third-order valence-electron chi connectivity index (χ3n) is 3.70. The molecule has 2 rings (SSSR count). The van der Waals surface area contributed by atoms with E-state index in [9.17, 15) is 0 Å².